The second-order valence-electron chi connectivity index (χ2n) is 11.3. The molecule has 2 heterocycles. The molecule has 0 saturated carbocycles. The minimum atomic E-state index is -0.758. The number of hydrogen-bond acceptors (Lipinski definition) is 3. The molecule has 3 aromatic carbocycles. The van der Waals surface area contributed by atoms with E-state index in [9.17, 15) is 5.11 Å². The van der Waals surface area contributed by atoms with Crippen LogP contribution >= 0.6 is 0 Å². The molecule has 190 valence electrons. The summed E-state index contributed by atoms with van der Waals surface area (Å²) in [6, 6.07) is 28.4. The molecule has 0 radical (unpaired) electrons. The Morgan fingerprint density at radius 3 is 1.89 bits per heavy atom. The van der Waals surface area contributed by atoms with Gasteiger partial charge in [0.25, 0.3) is 0 Å². The van der Waals surface area contributed by atoms with Crippen LogP contribution in [0.3, 0.4) is 0 Å². The number of aliphatic hydroxyl groups is 1. The molecule has 0 bridgehead atoms. The van der Waals surface area contributed by atoms with Gasteiger partial charge in [0.05, 0.1) is 5.60 Å². The minimum Gasteiger partial charge on any atom is -0.385 e. The van der Waals surface area contributed by atoms with Crippen LogP contribution in [0.4, 0.5) is 0 Å². The molecular formula is C33H42N2O. The fourth-order valence-electron chi connectivity index (χ4n) is 6.01. The lowest BCUT2D eigenvalue weighted by Gasteiger charge is -2.34. The van der Waals surface area contributed by atoms with Crippen LogP contribution in [0, 0.1) is 5.92 Å². The van der Waals surface area contributed by atoms with Crippen LogP contribution in [0.25, 0.3) is 0 Å². The molecule has 2 aliphatic heterocycles. The third kappa shape index (κ3) is 6.64. The maximum Gasteiger partial charge on any atom is 0.0868 e. The summed E-state index contributed by atoms with van der Waals surface area (Å²) >= 11 is 0. The van der Waals surface area contributed by atoms with Crippen LogP contribution < -0.4 is 0 Å². The Balaban J connectivity index is 1.12. The van der Waals surface area contributed by atoms with Gasteiger partial charge in [-0.2, -0.15) is 0 Å². The number of piperidine rings is 1. The molecule has 3 nitrogen and oxygen atoms in total. The lowest BCUT2D eigenvalue weighted by atomic mass is 9.83. The highest BCUT2D eigenvalue weighted by atomic mass is 16.3. The first-order chi connectivity index (χ1) is 17.5. The molecule has 0 amide bonds. The van der Waals surface area contributed by atoms with Crippen molar-refractivity contribution in [1.82, 2.24) is 9.80 Å². The van der Waals surface area contributed by atoms with Crippen molar-refractivity contribution in [2.75, 3.05) is 26.2 Å². The zero-order valence-corrected chi connectivity index (χ0v) is 21.9. The third-order valence-electron chi connectivity index (χ3n) is 8.47. The largest absolute Gasteiger partial charge is 0.385 e. The molecule has 1 N–H and O–H groups in total. The van der Waals surface area contributed by atoms with Crippen molar-refractivity contribution >= 4 is 0 Å². The van der Waals surface area contributed by atoms with Gasteiger partial charge in [0.2, 0.25) is 0 Å². The second kappa shape index (κ2) is 11.7. The van der Waals surface area contributed by atoms with Crippen LogP contribution in [0.2, 0.25) is 0 Å². The molecule has 1 atom stereocenters. The van der Waals surface area contributed by atoms with E-state index in [1.807, 2.05) is 6.92 Å². The minimum absolute atomic E-state index is 0.718. The fraction of sp³-hybridized carbons (Fsp3) is 0.455. The van der Waals surface area contributed by atoms with E-state index in [1.165, 1.54) is 48.2 Å². The molecule has 3 aromatic rings. The van der Waals surface area contributed by atoms with E-state index in [-0.39, 0.29) is 0 Å². The molecular weight excluding hydrogens is 440 g/mol. The highest BCUT2D eigenvalue weighted by molar-refractivity contribution is 5.36. The average Bonchev–Trinajstić information content (AvgIpc) is 3.11. The molecule has 1 saturated heterocycles. The van der Waals surface area contributed by atoms with Crippen molar-refractivity contribution in [1.29, 1.82) is 0 Å². The molecule has 0 spiro atoms. The summed E-state index contributed by atoms with van der Waals surface area (Å²) in [5, 5.41) is 11.5. The summed E-state index contributed by atoms with van der Waals surface area (Å²) in [4.78, 5) is 5.15. The Labute approximate surface area is 217 Å². The van der Waals surface area contributed by atoms with Gasteiger partial charge in [0.1, 0.15) is 0 Å². The van der Waals surface area contributed by atoms with Gasteiger partial charge in [-0.05, 0) is 92.3 Å². The summed E-state index contributed by atoms with van der Waals surface area (Å²) in [6.45, 7) is 8.61. The van der Waals surface area contributed by atoms with Gasteiger partial charge in [0.15, 0.2) is 0 Å². The highest BCUT2D eigenvalue weighted by Crippen LogP contribution is 2.33. The van der Waals surface area contributed by atoms with Crippen molar-refractivity contribution in [3.05, 3.63) is 107 Å². The van der Waals surface area contributed by atoms with E-state index in [2.05, 4.69) is 88.7 Å². The molecule has 3 heteroatoms. The van der Waals surface area contributed by atoms with E-state index in [0.717, 1.165) is 63.3 Å². The predicted octanol–water partition coefficient (Wildman–Crippen LogP) is 6.19. The van der Waals surface area contributed by atoms with E-state index in [4.69, 9.17) is 0 Å². The maximum absolute atomic E-state index is 11.5. The summed E-state index contributed by atoms with van der Waals surface area (Å²) < 4.78 is 0. The summed E-state index contributed by atoms with van der Waals surface area (Å²) in [6.07, 6.45) is 6.58. The lowest BCUT2D eigenvalue weighted by molar-refractivity contribution is 0.0359. The predicted molar refractivity (Wildman–Crippen MR) is 149 cm³/mol. The Hall–Kier alpha value is -2.46. The van der Waals surface area contributed by atoms with Crippen LogP contribution in [0.1, 0.15) is 60.4 Å². The topological polar surface area (TPSA) is 26.7 Å². The molecule has 0 aromatic heterocycles. The number of rotatable bonds is 8. The van der Waals surface area contributed by atoms with Crippen LogP contribution in [0.5, 0.6) is 0 Å². The molecule has 1 unspecified atom stereocenters. The quantitative estimate of drug-likeness (QED) is 0.415. The van der Waals surface area contributed by atoms with Crippen molar-refractivity contribution in [2.45, 2.75) is 64.1 Å². The van der Waals surface area contributed by atoms with Gasteiger partial charge in [0, 0.05) is 26.2 Å². The summed E-state index contributed by atoms with van der Waals surface area (Å²) in [5.74, 6) is 0.718. The van der Waals surface area contributed by atoms with Crippen LogP contribution in [-0.2, 0) is 31.5 Å². The normalized spacial score (nSPS) is 19.4. The molecule has 1 fully saturated rings. The maximum atomic E-state index is 11.5. The third-order valence-corrected chi connectivity index (χ3v) is 8.47. The van der Waals surface area contributed by atoms with Crippen LogP contribution in [0.15, 0.2) is 78.9 Å². The van der Waals surface area contributed by atoms with Gasteiger partial charge < -0.3 is 5.11 Å². The van der Waals surface area contributed by atoms with E-state index >= 15 is 0 Å². The van der Waals surface area contributed by atoms with Gasteiger partial charge in [-0.25, -0.2) is 0 Å². The molecule has 0 aliphatic carbocycles. The molecule has 5 rings (SSSR count). The number of likely N-dealkylation sites (tertiary alicyclic amines) is 1. The Kier molecular flexibility index (Phi) is 8.21. The summed E-state index contributed by atoms with van der Waals surface area (Å²) in [7, 11) is 0. The van der Waals surface area contributed by atoms with E-state index in [1.54, 1.807) is 0 Å². The van der Waals surface area contributed by atoms with Crippen molar-refractivity contribution in [3.8, 4) is 0 Å². The molecule has 2 aliphatic rings. The van der Waals surface area contributed by atoms with Gasteiger partial charge in [-0.15, -0.1) is 0 Å². The van der Waals surface area contributed by atoms with Gasteiger partial charge >= 0.3 is 0 Å². The Morgan fingerprint density at radius 2 is 1.28 bits per heavy atom. The van der Waals surface area contributed by atoms with Gasteiger partial charge in [-0.3, -0.25) is 9.80 Å². The number of hydrogen-bond donors (Lipinski definition) is 1. The number of fused-ring (bicyclic) bond motifs is 1. The number of benzene rings is 3. The van der Waals surface area contributed by atoms with Crippen LogP contribution in [-0.4, -0.2) is 41.1 Å². The average molecular weight is 483 g/mol. The van der Waals surface area contributed by atoms with Crippen molar-refractivity contribution in [2.24, 2.45) is 5.92 Å². The van der Waals surface area contributed by atoms with Gasteiger partial charge in [-0.1, -0.05) is 78.9 Å². The van der Waals surface area contributed by atoms with Crippen molar-refractivity contribution < 1.29 is 5.11 Å². The lowest BCUT2D eigenvalue weighted by Crippen LogP contribution is -2.34. The standard InChI is InChI=1S/C33H42N2O/c1-33(36,19-14-27-15-20-34(21-16-27)25-28-8-4-2-5-9-28)32-13-12-30-17-22-35(23-18-31(30)24-32)26-29-10-6-3-7-11-29/h2-13,24,27,36H,14-23,25-26H2,1H3. The zero-order valence-electron chi connectivity index (χ0n) is 21.9. The van der Waals surface area contributed by atoms with E-state index < -0.39 is 5.60 Å². The summed E-state index contributed by atoms with van der Waals surface area (Å²) in [5.41, 5.74) is 6.02. The first-order valence-electron chi connectivity index (χ1n) is 13.9. The first kappa shape index (κ1) is 25.2. The highest BCUT2D eigenvalue weighted by Gasteiger charge is 2.27. The first-order valence-corrected chi connectivity index (χ1v) is 13.9. The smallest absolute Gasteiger partial charge is 0.0868 e. The van der Waals surface area contributed by atoms with Crippen molar-refractivity contribution in [3.63, 3.8) is 0 Å². The second-order valence-corrected chi connectivity index (χ2v) is 11.3. The zero-order chi connectivity index (χ0) is 24.8. The van der Waals surface area contributed by atoms with E-state index in [0.29, 0.717) is 0 Å². The number of nitrogens with zero attached hydrogens (tertiary/aromatic N) is 2. The SMILES string of the molecule is CC(O)(CCC1CCN(Cc2ccccc2)CC1)c1ccc2c(c1)CCN(Cc1ccccc1)CC2. The Morgan fingerprint density at radius 1 is 0.722 bits per heavy atom. The molecule has 36 heavy (non-hydrogen) atoms. The Bertz CT molecular complexity index is 1090. The monoisotopic (exact) mass is 482 g/mol. The fourth-order valence-corrected chi connectivity index (χ4v) is 6.01.